The number of aromatic amines is 1. The van der Waals surface area contributed by atoms with Crippen molar-refractivity contribution in [3.63, 3.8) is 0 Å². The van der Waals surface area contributed by atoms with Gasteiger partial charge in [-0.3, -0.25) is 9.89 Å². The minimum atomic E-state index is -0.650. The topological polar surface area (TPSA) is 113 Å². The Labute approximate surface area is 148 Å². The predicted molar refractivity (Wildman–Crippen MR) is 96.6 cm³/mol. The van der Waals surface area contributed by atoms with Crippen molar-refractivity contribution in [2.45, 2.75) is 0 Å². The van der Waals surface area contributed by atoms with E-state index in [-0.39, 0.29) is 5.91 Å². The second kappa shape index (κ2) is 7.06. The lowest BCUT2D eigenvalue weighted by molar-refractivity contribution is 0.102. The number of primary amides is 1. The second-order valence-electron chi connectivity index (χ2n) is 5.20. The van der Waals surface area contributed by atoms with E-state index in [2.05, 4.69) is 20.8 Å². The Morgan fingerprint density at radius 2 is 1.68 bits per heavy atom. The predicted octanol–water partition coefficient (Wildman–Crippen LogP) is 3.47. The van der Waals surface area contributed by atoms with Gasteiger partial charge in [0.15, 0.2) is 0 Å². The molecule has 3 rings (SSSR count). The summed E-state index contributed by atoms with van der Waals surface area (Å²) in [7, 11) is 0. The molecule has 0 saturated heterocycles. The third kappa shape index (κ3) is 4.15. The molecule has 25 heavy (non-hydrogen) atoms. The molecule has 0 saturated carbocycles. The summed E-state index contributed by atoms with van der Waals surface area (Å²) in [6, 6.07) is 14.8. The van der Waals surface area contributed by atoms with Crippen LogP contribution in [-0.4, -0.2) is 22.1 Å². The number of nitrogens with one attached hydrogen (secondary N) is 3. The molecule has 0 radical (unpaired) electrons. The minimum Gasteiger partial charge on any atom is -0.351 e. The number of benzene rings is 2. The molecule has 1 aromatic heterocycles. The van der Waals surface area contributed by atoms with E-state index in [9.17, 15) is 9.59 Å². The summed E-state index contributed by atoms with van der Waals surface area (Å²) in [5, 5.41) is 12.6. The van der Waals surface area contributed by atoms with Crippen molar-refractivity contribution in [2.75, 3.05) is 10.6 Å². The molecule has 0 aliphatic carbocycles. The highest BCUT2D eigenvalue weighted by molar-refractivity contribution is 6.30. The average molecular weight is 356 g/mol. The number of aromatic nitrogens is 2. The van der Waals surface area contributed by atoms with Crippen LogP contribution in [0, 0.1) is 0 Å². The molecule has 5 N–H and O–H groups in total. The van der Waals surface area contributed by atoms with Crippen molar-refractivity contribution in [2.24, 2.45) is 5.73 Å². The number of carbonyl (C=O) groups is 2. The number of halogens is 1. The summed E-state index contributed by atoms with van der Waals surface area (Å²) in [5.41, 5.74) is 7.89. The Hall–Kier alpha value is -3.32. The van der Waals surface area contributed by atoms with E-state index in [1.54, 1.807) is 42.5 Å². The number of H-pyrrole nitrogens is 1. The normalized spacial score (nSPS) is 10.3. The van der Waals surface area contributed by atoms with Crippen LogP contribution in [0.15, 0.2) is 54.6 Å². The van der Waals surface area contributed by atoms with Crippen molar-refractivity contribution in [1.29, 1.82) is 0 Å². The molecule has 0 spiro atoms. The Bertz CT molecular complexity index is 921. The molecule has 3 aromatic rings. The van der Waals surface area contributed by atoms with Gasteiger partial charge in [0, 0.05) is 22.0 Å². The molecule has 0 unspecified atom stereocenters. The number of hydrogen-bond donors (Lipinski definition) is 4. The molecule has 0 fully saturated rings. The van der Waals surface area contributed by atoms with Crippen molar-refractivity contribution in [3.05, 3.63) is 65.3 Å². The van der Waals surface area contributed by atoms with Crippen LogP contribution in [0.3, 0.4) is 0 Å². The molecule has 0 aliphatic heterocycles. The van der Waals surface area contributed by atoms with Crippen molar-refractivity contribution in [1.82, 2.24) is 10.2 Å². The van der Waals surface area contributed by atoms with E-state index in [1.807, 2.05) is 12.1 Å². The van der Waals surface area contributed by atoms with Crippen LogP contribution >= 0.6 is 11.6 Å². The standard InChI is InChI=1S/C17H14ClN5O2/c18-11-3-1-2-10(8-11)14-9-15(23-22-14)16(24)20-12-4-6-13(7-5-12)21-17(19)25/h1-9H,(H,20,24)(H,22,23)(H3,19,21,25). The first-order valence-electron chi connectivity index (χ1n) is 7.30. The molecule has 0 atom stereocenters. The van der Waals surface area contributed by atoms with Crippen LogP contribution in [0.1, 0.15) is 10.5 Å². The smallest absolute Gasteiger partial charge is 0.316 e. The fourth-order valence-electron chi connectivity index (χ4n) is 2.21. The van der Waals surface area contributed by atoms with Gasteiger partial charge in [-0.1, -0.05) is 23.7 Å². The average Bonchev–Trinajstić information content (AvgIpc) is 3.06. The van der Waals surface area contributed by atoms with Crippen LogP contribution in [0.4, 0.5) is 16.2 Å². The van der Waals surface area contributed by atoms with E-state index in [4.69, 9.17) is 17.3 Å². The van der Waals surface area contributed by atoms with Gasteiger partial charge in [-0.15, -0.1) is 0 Å². The first-order chi connectivity index (χ1) is 12.0. The third-order valence-electron chi connectivity index (χ3n) is 3.35. The second-order valence-corrected chi connectivity index (χ2v) is 5.63. The molecule has 8 heteroatoms. The number of carbonyl (C=O) groups excluding carboxylic acids is 2. The maximum atomic E-state index is 12.3. The Balaban J connectivity index is 1.70. The zero-order valence-corrected chi connectivity index (χ0v) is 13.7. The number of anilines is 2. The summed E-state index contributed by atoms with van der Waals surface area (Å²) in [6.07, 6.45) is 0. The van der Waals surface area contributed by atoms with Gasteiger partial charge in [0.05, 0.1) is 5.69 Å². The maximum absolute atomic E-state index is 12.3. The largest absolute Gasteiger partial charge is 0.351 e. The summed E-state index contributed by atoms with van der Waals surface area (Å²) in [6.45, 7) is 0. The van der Waals surface area contributed by atoms with E-state index >= 15 is 0 Å². The molecule has 0 bridgehead atoms. The fourth-order valence-corrected chi connectivity index (χ4v) is 2.40. The Morgan fingerprint density at radius 3 is 2.32 bits per heavy atom. The Kier molecular flexibility index (Phi) is 4.67. The van der Waals surface area contributed by atoms with Crippen LogP contribution in [0.5, 0.6) is 0 Å². The van der Waals surface area contributed by atoms with E-state index < -0.39 is 6.03 Å². The molecule has 7 nitrogen and oxygen atoms in total. The first kappa shape index (κ1) is 16.5. The molecule has 0 aliphatic rings. The number of nitrogens with two attached hydrogens (primary N) is 1. The van der Waals surface area contributed by atoms with Gasteiger partial charge < -0.3 is 16.4 Å². The van der Waals surface area contributed by atoms with Gasteiger partial charge in [-0.2, -0.15) is 5.10 Å². The zero-order valence-electron chi connectivity index (χ0n) is 12.9. The number of amides is 3. The maximum Gasteiger partial charge on any atom is 0.316 e. The van der Waals surface area contributed by atoms with Crippen LogP contribution < -0.4 is 16.4 Å². The zero-order chi connectivity index (χ0) is 17.8. The minimum absolute atomic E-state index is 0.314. The Morgan fingerprint density at radius 1 is 1.00 bits per heavy atom. The molecular formula is C17H14ClN5O2. The van der Waals surface area contributed by atoms with E-state index in [0.717, 1.165) is 5.56 Å². The van der Waals surface area contributed by atoms with Crippen molar-refractivity contribution in [3.8, 4) is 11.3 Å². The monoisotopic (exact) mass is 355 g/mol. The summed E-state index contributed by atoms with van der Waals surface area (Å²) < 4.78 is 0. The highest BCUT2D eigenvalue weighted by atomic mass is 35.5. The summed E-state index contributed by atoms with van der Waals surface area (Å²) >= 11 is 5.96. The van der Waals surface area contributed by atoms with Crippen LogP contribution in [-0.2, 0) is 0 Å². The van der Waals surface area contributed by atoms with Crippen molar-refractivity contribution < 1.29 is 9.59 Å². The number of hydrogen-bond acceptors (Lipinski definition) is 3. The SMILES string of the molecule is NC(=O)Nc1ccc(NC(=O)c2cc(-c3cccc(Cl)c3)n[nH]2)cc1. The van der Waals surface area contributed by atoms with Gasteiger partial charge >= 0.3 is 6.03 Å². The summed E-state index contributed by atoms with van der Waals surface area (Å²) in [4.78, 5) is 23.1. The number of nitrogens with zero attached hydrogens (tertiary/aromatic N) is 1. The molecule has 3 amide bonds. The highest BCUT2D eigenvalue weighted by Crippen LogP contribution is 2.22. The van der Waals surface area contributed by atoms with Gasteiger partial charge in [0.1, 0.15) is 5.69 Å². The van der Waals surface area contributed by atoms with Gasteiger partial charge in [-0.25, -0.2) is 4.79 Å². The van der Waals surface area contributed by atoms with Gasteiger partial charge in [-0.05, 0) is 42.5 Å². The number of urea groups is 1. The highest BCUT2D eigenvalue weighted by Gasteiger charge is 2.11. The molecule has 1 heterocycles. The third-order valence-corrected chi connectivity index (χ3v) is 3.59. The first-order valence-corrected chi connectivity index (χ1v) is 7.68. The molecule has 126 valence electrons. The quantitative estimate of drug-likeness (QED) is 0.574. The van der Waals surface area contributed by atoms with Crippen LogP contribution in [0.2, 0.25) is 5.02 Å². The van der Waals surface area contributed by atoms with Crippen LogP contribution in [0.25, 0.3) is 11.3 Å². The molecule has 2 aromatic carbocycles. The van der Waals surface area contributed by atoms with Crippen molar-refractivity contribution >= 4 is 34.9 Å². The van der Waals surface area contributed by atoms with E-state index in [0.29, 0.717) is 27.8 Å². The lowest BCUT2D eigenvalue weighted by Gasteiger charge is -2.05. The number of rotatable bonds is 4. The molecular weight excluding hydrogens is 342 g/mol. The van der Waals surface area contributed by atoms with Gasteiger partial charge in [0.25, 0.3) is 5.91 Å². The summed E-state index contributed by atoms with van der Waals surface area (Å²) in [5.74, 6) is -0.337. The lowest BCUT2D eigenvalue weighted by atomic mass is 10.1. The van der Waals surface area contributed by atoms with E-state index in [1.165, 1.54) is 0 Å². The lowest BCUT2D eigenvalue weighted by Crippen LogP contribution is -2.19. The fraction of sp³-hybridized carbons (Fsp3) is 0. The van der Waals surface area contributed by atoms with Gasteiger partial charge in [0.2, 0.25) is 0 Å².